The molecule has 1 amide bonds. The first-order chi connectivity index (χ1) is 14.8. The lowest BCUT2D eigenvalue weighted by Gasteiger charge is -2.23. The minimum absolute atomic E-state index is 0.134. The second kappa shape index (κ2) is 9.67. The van der Waals surface area contributed by atoms with Gasteiger partial charge in [0.15, 0.2) is 0 Å². The second-order valence-electron chi connectivity index (χ2n) is 7.16. The van der Waals surface area contributed by atoms with Crippen LogP contribution in [0.5, 0.6) is 0 Å². The molecule has 2 aromatic heterocycles. The summed E-state index contributed by atoms with van der Waals surface area (Å²) in [6.07, 6.45) is 7.71. The summed E-state index contributed by atoms with van der Waals surface area (Å²) in [7, 11) is 0. The van der Waals surface area contributed by atoms with Crippen LogP contribution in [0.15, 0.2) is 43.0 Å². The Bertz CT molecular complexity index is 956. The molecule has 7 nitrogen and oxygen atoms in total. The van der Waals surface area contributed by atoms with Gasteiger partial charge in [0.2, 0.25) is 5.91 Å². The summed E-state index contributed by atoms with van der Waals surface area (Å²) < 4.78 is 31.7. The fourth-order valence-electron chi connectivity index (χ4n) is 3.58. The highest BCUT2D eigenvalue weighted by Gasteiger charge is 2.38. The van der Waals surface area contributed by atoms with E-state index in [1.165, 1.54) is 0 Å². The van der Waals surface area contributed by atoms with Gasteiger partial charge in [0.1, 0.15) is 6.33 Å². The summed E-state index contributed by atoms with van der Waals surface area (Å²) in [6.45, 7) is 1.48. The molecule has 0 radical (unpaired) electrons. The topological polar surface area (TPSA) is 96.3 Å². The van der Waals surface area contributed by atoms with Gasteiger partial charge in [-0.1, -0.05) is 12.2 Å². The molecule has 0 saturated carbocycles. The van der Waals surface area contributed by atoms with E-state index >= 15 is 0 Å². The Balaban J connectivity index is 0.000000339. The van der Waals surface area contributed by atoms with E-state index in [-0.39, 0.29) is 11.8 Å². The molecule has 10 heteroatoms. The predicted octanol–water partition coefficient (Wildman–Crippen LogP) is 3.07. The zero-order valence-corrected chi connectivity index (χ0v) is 16.5. The van der Waals surface area contributed by atoms with E-state index in [0.29, 0.717) is 0 Å². The molecule has 2 aromatic rings. The highest BCUT2D eigenvalue weighted by atomic mass is 19.4. The lowest BCUT2D eigenvalue weighted by molar-refractivity contribution is -0.192. The minimum Gasteiger partial charge on any atom is -0.475 e. The molecule has 1 N–H and O–H groups in total. The van der Waals surface area contributed by atoms with Gasteiger partial charge in [0, 0.05) is 54.6 Å². The second-order valence-corrected chi connectivity index (χ2v) is 7.16. The number of amides is 1. The number of alkyl halides is 3. The van der Waals surface area contributed by atoms with Crippen LogP contribution in [0.25, 0.3) is 11.3 Å². The van der Waals surface area contributed by atoms with Crippen molar-refractivity contribution in [3.8, 4) is 11.3 Å². The molecule has 1 aliphatic heterocycles. The maximum atomic E-state index is 12.7. The number of aliphatic carboxylic acids is 1. The smallest absolute Gasteiger partial charge is 0.475 e. The number of nitrogens with zero attached hydrogens (tertiary/aromatic N) is 4. The van der Waals surface area contributed by atoms with Gasteiger partial charge in [-0.05, 0) is 31.4 Å². The number of carboxylic acids is 1. The number of hydrogen-bond acceptors (Lipinski definition) is 5. The molecular formula is C21H21F3N4O3. The lowest BCUT2D eigenvalue weighted by Crippen LogP contribution is -2.37. The summed E-state index contributed by atoms with van der Waals surface area (Å²) in [5.74, 6) is -2.34. The normalized spacial score (nSPS) is 16.2. The summed E-state index contributed by atoms with van der Waals surface area (Å²) in [5.41, 5.74) is 4.18. The number of hydrogen-bond donors (Lipinski definition) is 1. The van der Waals surface area contributed by atoms with E-state index in [0.717, 1.165) is 61.3 Å². The summed E-state index contributed by atoms with van der Waals surface area (Å²) in [5, 5.41) is 7.12. The average Bonchev–Trinajstić information content (AvgIpc) is 3.20. The number of halogens is 3. The van der Waals surface area contributed by atoms with Gasteiger partial charge in [-0.3, -0.25) is 9.78 Å². The van der Waals surface area contributed by atoms with Crippen LogP contribution in [-0.4, -0.2) is 56.1 Å². The number of carboxylic acid groups (broad SMARTS) is 1. The van der Waals surface area contributed by atoms with Crippen molar-refractivity contribution in [2.75, 3.05) is 13.1 Å². The summed E-state index contributed by atoms with van der Waals surface area (Å²) >= 11 is 0. The van der Waals surface area contributed by atoms with E-state index in [1.807, 2.05) is 23.2 Å². The van der Waals surface area contributed by atoms with Crippen LogP contribution < -0.4 is 0 Å². The first-order valence-corrected chi connectivity index (χ1v) is 9.74. The van der Waals surface area contributed by atoms with Gasteiger partial charge in [-0.25, -0.2) is 14.8 Å². The van der Waals surface area contributed by atoms with E-state index in [9.17, 15) is 18.0 Å². The van der Waals surface area contributed by atoms with Gasteiger partial charge < -0.3 is 10.0 Å². The van der Waals surface area contributed by atoms with Gasteiger partial charge in [-0.15, -0.1) is 0 Å². The van der Waals surface area contributed by atoms with Crippen molar-refractivity contribution in [1.29, 1.82) is 0 Å². The van der Waals surface area contributed by atoms with Gasteiger partial charge in [-0.2, -0.15) is 13.2 Å². The highest BCUT2D eigenvalue weighted by molar-refractivity contribution is 5.80. The largest absolute Gasteiger partial charge is 0.490 e. The number of fused-ring (bicyclic) bond motifs is 1. The molecule has 0 spiro atoms. The van der Waals surface area contributed by atoms with E-state index in [4.69, 9.17) is 9.90 Å². The third kappa shape index (κ3) is 5.65. The number of carbonyl (C=O) groups excluding carboxylic acids is 1. The Hall–Kier alpha value is -3.30. The summed E-state index contributed by atoms with van der Waals surface area (Å²) in [6, 6.07) is 3.94. The van der Waals surface area contributed by atoms with Gasteiger partial charge in [0.25, 0.3) is 0 Å². The molecule has 3 heterocycles. The Kier molecular flexibility index (Phi) is 6.98. The SMILES string of the molecule is O=C(C1CC=CC1)N1CCc2ncnc(-c3cccnc3)c2CC1.O=C(O)C(F)(F)F. The molecule has 0 saturated heterocycles. The van der Waals surface area contributed by atoms with Gasteiger partial charge >= 0.3 is 12.1 Å². The zero-order chi connectivity index (χ0) is 22.4. The van der Waals surface area contributed by atoms with Crippen LogP contribution in [0.4, 0.5) is 13.2 Å². The van der Waals surface area contributed by atoms with Crippen LogP contribution in [0.2, 0.25) is 0 Å². The molecule has 164 valence electrons. The van der Waals surface area contributed by atoms with Crippen molar-refractivity contribution >= 4 is 11.9 Å². The number of pyridine rings is 1. The number of allylic oxidation sites excluding steroid dienone is 2. The van der Waals surface area contributed by atoms with Crippen molar-refractivity contribution < 1.29 is 27.9 Å². The third-order valence-electron chi connectivity index (χ3n) is 5.13. The lowest BCUT2D eigenvalue weighted by atomic mass is 10.0. The maximum Gasteiger partial charge on any atom is 0.490 e. The van der Waals surface area contributed by atoms with Crippen LogP contribution in [0, 0.1) is 5.92 Å². The van der Waals surface area contributed by atoms with Crippen LogP contribution in [0.3, 0.4) is 0 Å². The molecule has 0 bridgehead atoms. The van der Waals surface area contributed by atoms with E-state index in [2.05, 4.69) is 27.1 Å². The number of rotatable bonds is 2. The van der Waals surface area contributed by atoms with E-state index in [1.54, 1.807) is 12.5 Å². The molecule has 1 aliphatic carbocycles. The van der Waals surface area contributed by atoms with E-state index < -0.39 is 12.1 Å². The average molecular weight is 434 g/mol. The standard InChI is InChI=1S/C19H20N4O.C2HF3O2/c24-19(14-4-1-2-5-14)23-10-7-16-17(8-11-23)21-13-22-18(16)15-6-3-9-20-12-15;3-2(4,5)1(6)7/h1-3,6,9,12-14H,4-5,7-8,10-11H2;(H,6,7). The third-order valence-corrected chi connectivity index (χ3v) is 5.13. The first kappa shape index (κ1) is 22.4. The number of aromatic nitrogens is 3. The van der Waals surface area contributed by atoms with Crippen molar-refractivity contribution in [1.82, 2.24) is 19.9 Å². The fraction of sp³-hybridized carbons (Fsp3) is 0.381. The van der Waals surface area contributed by atoms with Crippen molar-refractivity contribution in [2.45, 2.75) is 31.9 Å². The van der Waals surface area contributed by atoms with Crippen LogP contribution in [-0.2, 0) is 22.4 Å². The highest BCUT2D eigenvalue weighted by Crippen LogP contribution is 2.27. The Morgan fingerprint density at radius 2 is 1.77 bits per heavy atom. The molecule has 0 unspecified atom stereocenters. The molecule has 0 atom stereocenters. The molecule has 31 heavy (non-hydrogen) atoms. The van der Waals surface area contributed by atoms with Crippen molar-refractivity contribution in [3.63, 3.8) is 0 Å². The molecular weight excluding hydrogens is 413 g/mol. The van der Waals surface area contributed by atoms with Crippen LogP contribution in [0.1, 0.15) is 24.1 Å². The zero-order valence-electron chi connectivity index (χ0n) is 16.5. The Labute approximate surface area is 176 Å². The molecule has 2 aliphatic rings. The monoisotopic (exact) mass is 434 g/mol. The van der Waals surface area contributed by atoms with Crippen LogP contribution >= 0.6 is 0 Å². The molecule has 0 aromatic carbocycles. The fourth-order valence-corrected chi connectivity index (χ4v) is 3.58. The minimum atomic E-state index is -5.08. The first-order valence-electron chi connectivity index (χ1n) is 9.74. The molecule has 0 fully saturated rings. The maximum absolute atomic E-state index is 12.7. The van der Waals surface area contributed by atoms with Crippen molar-refractivity contribution in [3.05, 3.63) is 54.3 Å². The number of carbonyl (C=O) groups is 2. The van der Waals surface area contributed by atoms with Gasteiger partial charge in [0.05, 0.1) is 5.69 Å². The molecule has 4 rings (SSSR count). The predicted molar refractivity (Wildman–Crippen MR) is 105 cm³/mol. The quantitative estimate of drug-likeness (QED) is 0.730. The Morgan fingerprint density at radius 1 is 1.10 bits per heavy atom. The Morgan fingerprint density at radius 3 is 2.39 bits per heavy atom. The summed E-state index contributed by atoms with van der Waals surface area (Å²) in [4.78, 5) is 36.8. The van der Waals surface area contributed by atoms with Crippen molar-refractivity contribution in [2.24, 2.45) is 5.92 Å².